The van der Waals surface area contributed by atoms with E-state index < -0.39 is 16.3 Å². The summed E-state index contributed by atoms with van der Waals surface area (Å²) in [6, 6.07) is 10.5. The minimum Gasteiger partial charge on any atom is -0.493 e. The van der Waals surface area contributed by atoms with E-state index in [0.29, 0.717) is 23.0 Å². The van der Waals surface area contributed by atoms with Crippen LogP contribution in [0, 0.1) is 11.8 Å². The number of alkyl halides is 2. The van der Waals surface area contributed by atoms with Crippen molar-refractivity contribution in [2.45, 2.75) is 4.33 Å². The number of benzene rings is 2. The normalized spacial score (nSPS) is 17.9. The van der Waals surface area contributed by atoms with Crippen LogP contribution in [0.2, 0.25) is 0 Å². The molecule has 0 N–H and O–H groups in total. The molecule has 8 nitrogen and oxygen atoms in total. The van der Waals surface area contributed by atoms with Gasteiger partial charge >= 0.3 is 11.9 Å². The average molecular weight is 551 g/mol. The van der Waals surface area contributed by atoms with Gasteiger partial charge in [0.1, 0.15) is 4.33 Å². The molecule has 0 heterocycles. The monoisotopic (exact) mass is 550 g/mol. The molecular formula is C27H28Cl2O8. The molecule has 37 heavy (non-hydrogen) atoms. The van der Waals surface area contributed by atoms with Gasteiger partial charge in [-0.3, -0.25) is 0 Å². The number of rotatable bonds is 12. The van der Waals surface area contributed by atoms with Crippen molar-refractivity contribution in [1.29, 1.82) is 0 Å². The van der Waals surface area contributed by atoms with Crippen molar-refractivity contribution in [3.8, 4) is 23.0 Å². The van der Waals surface area contributed by atoms with Gasteiger partial charge in [-0.25, -0.2) is 9.59 Å². The second-order valence-electron chi connectivity index (χ2n) is 8.04. The van der Waals surface area contributed by atoms with Crippen LogP contribution in [0.15, 0.2) is 48.6 Å². The molecule has 0 saturated heterocycles. The van der Waals surface area contributed by atoms with E-state index in [1.54, 1.807) is 62.8 Å². The SMILES string of the molecule is COc1ccc(/C=C/C(=O)OC[C@H]2[C@H](COC(=O)/C=C/c3ccc(OC)c(OC)c3)C2(Cl)Cl)cc1OC. The Morgan fingerprint density at radius 3 is 1.43 bits per heavy atom. The Labute approximate surface area is 225 Å². The van der Waals surface area contributed by atoms with Crippen LogP contribution in [0.3, 0.4) is 0 Å². The van der Waals surface area contributed by atoms with E-state index >= 15 is 0 Å². The highest BCUT2D eigenvalue weighted by Crippen LogP contribution is 2.59. The maximum absolute atomic E-state index is 12.2. The first-order valence-corrected chi connectivity index (χ1v) is 12.0. The number of carbonyl (C=O) groups is 2. The molecule has 0 amide bonds. The highest BCUT2D eigenvalue weighted by atomic mass is 35.5. The first-order chi connectivity index (χ1) is 17.7. The zero-order valence-corrected chi connectivity index (χ0v) is 22.4. The standard InChI is InChI=1S/C27H28Cl2O8/c1-32-21-9-5-17(13-23(21)34-3)7-11-25(30)36-15-19-20(27(19,28)29)16-37-26(31)12-8-18-6-10-22(33-2)24(14-18)35-4/h5-14,19-20H,15-16H2,1-4H3/b11-7+,12-8+/t19-,20-/m0/s1. The summed E-state index contributed by atoms with van der Waals surface area (Å²) in [5, 5.41) is 0. The second-order valence-corrected chi connectivity index (χ2v) is 9.49. The molecule has 1 aliphatic rings. The summed E-state index contributed by atoms with van der Waals surface area (Å²) in [5.74, 6) is 0.411. The zero-order chi connectivity index (χ0) is 27.0. The zero-order valence-electron chi connectivity index (χ0n) is 20.9. The molecule has 0 aromatic heterocycles. The summed E-state index contributed by atoms with van der Waals surface area (Å²) in [5.41, 5.74) is 1.46. The Bertz CT molecular complexity index is 1090. The number of esters is 2. The molecule has 0 radical (unpaired) electrons. The first kappa shape index (κ1) is 28.2. The molecule has 0 spiro atoms. The van der Waals surface area contributed by atoms with E-state index in [1.165, 1.54) is 26.4 Å². The molecule has 1 saturated carbocycles. The average Bonchev–Trinajstić information content (AvgIpc) is 3.45. The molecule has 2 atom stereocenters. The highest BCUT2D eigenvalue weighted by molar-refractivity contribution is 6.51. The third-order valence-electron chi connectivity index (χ3n) is 5.81. The molecular weight excluding hydrogens is 523 g/mol. The van der Waals surface area contributed by atoms with Crippen molar-refractivity contribution in [2.75, 3.05) is 41.7 Å². The molecule has 2 aromatic rings. The van der Waals surface area contributed by atoms with Crippen LogP contribution >= 0.6 is 23.2 Å². The van der Waals surface area contributed by atoms with Crippen molar-refractivity contribution in [3.05, 3.63) is 59.7 Å². The summed E-state index contributed by atoms with van der Waals surface area (Å²) in [6.45, 7) is -0.0163. The quantitative estimate of drug-likeness (QED) is 0.208. The summed E-state index contributed by atoms with van der Waals surface area (Å²) in [6.07, 6.45) is 5.77. The van der Waals surface area contributed by atoms with E-state index in [1.807, 2.05) is 0 Å². The van der Waals surface area contributed by atoms with Gasteiger partial charge in [-0.1, -0.05) is 12.1 Å². The third kappa shape index (κ3) is 7.33. The molecule has 0 unspecified atom stereocenters. The van der Waals surface area contributed by atoms with Crippen LogP contribution in [0.4, 0.5) is 0 Å². The van der Waals surface area contributed by atoms with Crippen molar-refractivity contribution in [1.82, 2.24) is 0 Å². The minimum atomic E-state index is -1.15. The predicted molar refractivity (Wildman–Crippen MR) is 140 cm³/mol. The fourth-order valence-electron chi connectivity index (χ4n) is 3.60. The van der Waals surface area contributed by atoms with Gasteiger partial charge in [0, 0.05) is 24.0 Å². The van der Waals surface area contributed by atoms with E-state index in [4.69, 9.17) is 51.6 Å². The number of hydrogen-bond acceptors (Lipinski definition) is 8. The van der Waals surface area contributed by atoms with Crippen LogP contribution in [0.25, 0.3) is 12.2 Å². The van der Waals surface area contributed by atoms with Gasteiger partial charge < -0.3 is 28.4 Å². The summed E-state index contributed by atoms with van der Waals surface area (Å²) >= 11 is 12.6. The molecule has 0 aliphatic heterocycles. The molecule has 1 fully saturated rings. The van der Waals surface area contributed by atoms with Crippen molar-refractivity contribution in [3.63, 3.8) is 0 Å². The Morgan fingerprint density at radius 2 is 1.08 bits per heavy atom. The van der Waals surface area contributed by atoms with Crippen LogP contribution < -0.4 is 18.9 Å². The predicted octanol–water partition coefficient (Wildman–Crippen LogP) is 4.95. The topological polar surface area (TPSA) is 89.5 Å². The summed E-state index contributed by atoms with van der Waals surface area (Å²) < 4.78 is 30.3. The number of ether oxygens (including phenoxy) is 6. The van der Waals surface area contributed by atoms with E-state index in [2.05, 4.69) is 0 Å². The molecule has 198 valence electrons. The van der Waals surface area contributed by atoms with Crippen LogP contribution in [-0.4, -0.2) is 57.9 Å². The van der Waals surface area contributed by atoms with Gasteiger partial charge in [0.15, 0.2) is 23.0 Å². The molecule has 2 aromatic carbocycles. The van der Waals surface area contributed by atoms with E-state index in [9.17, 15) is 9.59 Å². The fraction of sp³-hybridized carbons (Fsp3) is 0.333. The lowest BCUT2D eigenvalue weighted by Gasteiger charge is -2.07. The number of halogens is 2. The lowest BCUT2D eigenvalue weighted by molar-refractivity contribution is -0.140. The fourth-order valence-corrected chi connectivity index (χ4v) is 4.33. The number of carbonyl (C=O) groups excluding carboxylic acids is 2. The van der Waals surface area contributed by atoms with E-state index in [-0.39, 0.29) is 25.0 Å². The van der Waals surface area contributed by atoms with Crippen LogP contribution in [-0.2, 0) is 19.1 Å². The van der Waals surface area contributed by atoms with Crippen molar-refractivity contribution < 1.29 is 38.0 Å². The minimum absolute atomic E-state index is 0.00813. The van der Waals surface area contributed by atoms with Gasteiger partial charge in [0.2, 0.25) is 0 Å². The smallest absolute Gasteiger partial charge is 0.330 e. The first-order valence-electron chi connectivity index (χ1n) is 11.2. The number of methoxy groups -OCH3 is 4. The Kier molecular flexibility index (Phi) is 9.72. The van der Waals surface area contributed by atoms with Crippen molar-refractivity contribution >= 4 is 47.3 Å². The lowest BCUT2D eigenvalue weighted by atomic mass is 10.2. The molecule has 10 heteroatoms. The molecule has 0 bridgehead atoms. The van der Waals surface area contributed by atoms with Gasteiger partial charge in [0.25, 0.3) is 0 Å². The summed E-state index contributed by atoms with van der Waals surface area (Å²) in [4.78, 5) is 24.3. The highest BCUT2D eigenvalue weighted by Gasteiger charge is 2.64. The molecule has 3 rings (SSSR count). The Hall–Kier alpha value is -3.36. The maximum atomic E-state index is 12.2. The van der Waals surface area contributed by atoms with Gasteiger partial charge in [-0.2, -0.15) is 0 Å². The van der Waals surface area contributed by atoms with Crippen molar-refractivity contribution in [2.24, 2.45) is 11.8 Å². The van der Waals surface area contributed by atoms with Gasteiger partial charge in [0.05, 0.1) is 41.7 Å². The largest absolute Gasteiger partial charge is 0.493 e. The summed E-state index contributed by atoms with van der Waals surface area (Å²) in [7, 11) is 6.15. The lowest BCUT2D eigenvalue weighted by Crippen LogP contribution is -2.08. The van der Waals surface area contributed by atoms with Crippen LogP contribution in [0.5, 0.6) is 23.0 Å². The number of hydrogen-bond donors (Lipinski definition) is 0. The third-order valence-corrected chi connectivity index (χ3v) is 6.94. The van der Waals surface area contributed by atoms with E-state index in [0.717, 1.165) is 11.1 Å². The second kappa shape index (κ2) is 12.7. The molecule has 1 aliphatic carbocycles. The Morgan fingerprint density at radius 1 is 0.703 bits per heavy atom. The van der Waals surface area contributed by atoms with Gasteiger partial charge in [-0.05, 0) is 47.5 Å². The van der Waals surface area contributed by atoms with Crippen LogP contribution in [0.1, 0.15) is 11.1 Å². The van der Waals surface area contributed by atoms with Gasteiger partial charge in [-0.15, -0.1) is 23.2 Å². The Balaban J connectivity index is 1.46. The maximum Gasteiger partial charge on any atom is 0.330 e.